The summed E-state index contributed by atoms with van der Waals surface area (Å²) in [7, 11) is 0. The monoisotopic (exact) mass is 328 g/mol. The highest BCUT2D eigenvalue weighted by molar-refractivity contribution is 5.73. The van der Waals surface area contributed by atoms with E-state index in [1.54, 1.807) is 12.1 Å². The fourth-order valence-electron chi connectivity index (χ4n) is 5.82. The fraction of sp³-hybridized carbons (Fsp3) is 0.650. The lowest BCUT2D eigenvalue weighted by molar-refractivity contribution is -0.0498. The van der Waals surface area contributed by atoms with Gasteiger partial charge in [-0.25, -0.2) is 4.79 Å². The summed E-state index contributed by atoms with van der Waals surface area (Å²) in [4.78, 5) is 12.1. The summed E-state index contributed by atoms with van der Waals surface area (Å²) in [6.07, 6.45) is 9.09. The van der Waals surface area contributed by atoms with Crippen LogP contribution in [-0.4, -0.2) is 24.2 Å². The first-order valence-corrected chi connectivity index (χ1v) is 9.40. The van der Waals surface area contributed by atoms with Crippen molar-refractivity contribution in [1.29, 1.82) is 0 Å². The predicted molar refractivity (Wildman–Crippen MR) is 93.8 cm³/mol. The number of carbonyl (C=O) groups is 1. The molecule has 0 aromatic heterocycles. The molecule has 3 N–H and O–H groups in total. The lowest BCUT2D eigenvalue weighted by Gasteiger charge is -2.56. The molecular formula is C20H28N2O2. The van der Waals surface area contributed by atoms with Crippen LogP contribution >= 0.6 is 0 Å². The first-order valence-electron chi connectivity index (χ1n) is 9.40. The van der Waals surface area contributed by atoms with Gasteiger partial charge in [-0.2, -0.15) is 0 Å². The summed E-state index contributed by atoms with van der Waals surface area (Å²) in [5, 5.41) is 15.4. The molecule has 24 heavy (non-hydrogen) atoms. The average Bonchev–Trinajstić information content (AvgIpc) is 2.54. The van der Waals surface area contributed by atoms with Crippen molar-refractivity contribution in [3.05, 3.63) is 29.8 Å². The number of nitrogens with one attached hydrogen (secondary N) is 2. The Hall–Kier alpha value is -1.71. The van der Waals surface area contributed by atoms with Crippen LogP contribution in [0.25, 0.3) is 0 Å². The molecule has 0 unspecified atom stereocenters. The van der Waals surface area contributed by atoms with Crippen LogP contribution < -0.4 is 10.6 Å². The number of rotatable bonds is 5. The summed E-state index contributed by atoms with van der Waals surface area (Å²) >= 11 is 0. The number of hydrogen-bond acceptors (Lipinski definition) is 2. The number of aromatic hydroxyl groups is 1. The highest BCUT2D eigenvalue weighted by Crippen LogP contribution is 2.59. The number of phenols is 1. The van der Waals surface area contributed by atoms with Crippen LogP contribution in [-0.2, 0) is 6.42 Å². The molecule has 4 fully saturated rings. The van der Waals surface area contributed by atoms with Crippen molar-refractivity contribution in [2.24, 2.45) is 23.2 Å². The summed E-state index contributed by atoms with van der Waals surface area (Å²) in [6, 6.07) is 7.11. The molecule has 4 heteroatoms. The van der Waals surface area contributed by atoms with E-state index in [0.717, 1.165) is 36.3 Å². The third-order valence-electron chi connectivity index (χ3n) is 6.42. The van der Waals surface area contributed by atoms with Crippen molar-refractivity contribution in [2.45, 2.75) is 44.9 Å². The average molecular weight is 328 g/mol. The van der Waals surface area contributed by atoms with Gasteiger partial charge in [-0.05, 0) is 85.8 Å². The Balaban J connectivity index is 1.22. The van der Waals surface area contributed by atoms with E-state index in [0.29, 0.717) is 12.0 Å². The molecule has 5 rings (SSSR count). The first-order chi connectivity index (χ1) is 11.6. The van der Waals surface area contributed by atoms with Crippen molar-refractivity contribution in [3.63, 3.8) is 0 Å². The maximum absolute atomic E-state index is 12.1. The Kier molecular flexibility index (Phi) is 4.15. The minimum atomic E-state index is -0.0375. The Labute approximate surface area is 144 Å². The number of urea groups is 1. The molecule has 0 atom stereocenters. The number of hydrogen-bond donors (Lipinski definition) is 3. The third kappa shape index (κ3) is 3.38. The quantitative estimate of drug-likeness (QED) is 0.775. The van der Waals surface area contributed by atoms with Gasteiger partial charge >= 0.3 is 6.03 Å². The molecule has 1 aromatic carbocycles. The molecule has 4 bridgehead atoms. The molecule has 1 aromatic rings. The smallest absolute Gasteiger partial charge is 0.314 e. The van der Waals surface area contributed by atoms with Crippen molar-refractivity contribution >= 4 is 6.03 Å². The van der Waals surface area contributed by atoms with Gasteiger partial charge < -0.3 is 15.7 Å². The van der Waals surface area contributed by atoms with Gasteiger partial charge in [0.15, 0.2) is 0 Å². The minimum absolute atomic E-state index is 0.0375. The van der Waals surface area contributed by atoms with Crippen LogP contribution in [0.1, 0.15) is 44.1 Å². The van der Waals surface area contributed by atoms with Crippen LogP contribution in [0.3, 0.4) is 0 Å². The van der Waals surface area contributed by atoms with Gasteiger partial charge in [-0.3, -0.25) is 0 Å². The summed E-state index contributed by atoms with van der Waals surface area (Å²) in [5.41, 5.74) is 1.51. The number of benzene rings is 1. The molecule has 0 spiro atoms. The molecule has 0 aliphatic heterocycles. The molecule has 4 aliphatic rings. The maximum Gasteiger partial charge on any atom is 0.314 e. The molecule has 4 saturated carbocycles. The normalized spacial score (nSPS) is 33.4. The van der Waals surface area contributed by atoms with Crippen LogP contribution in [0.4, 0.5) is 4.79 Å². The molecule has 0 saturated heterocycles. The number of carbonyl (C=O) groups excluding carboxylic acids is 1. The van der Waals surface area contributed by atoms with E-state index in [-0.39, 0.29) is 11.8 Å². The molecule has 0 radical (unpaired) electrons. The van der Waals surface area contributed by atoms with E-state index in [1.165, 1.54) is 38.5 Å². The second-order valence-electron chi connectivity index (χ2n) is 8.44. The SMILES string of the molecule is O=C(NCCc1ccc(O)cc1)NCC12CC3CC(CC(C3)C1)C2. The lowest BCUT2D eigenvalue weighted by atomic mass is 9.49. The standard InChI is InChI=1S/C20H28N2O2/c23-18-3-1-14(2-4-18)5-6-21-19(24)22-13-20-10-15-7-16(11-20)9-17(8-15)12-20/h1-4,15-17,23H,5-13H2,(H2,21,22,24). The zero-order valence-electron chi connectivity index (χ0n) is 14.3. The Bertz CT molecular complexity index is 561. The van der Waals surface area contributed by atoms with E-state index in [9.17, 15) is 9.90 Å². The Morgan fingerprint density at radius 2 is 1.58 bits per heavy atom. The van der Waals surface area contributed by atoms with Crippen LogP contribution in [0, 0.1) is 23.2 Å². The highest BCUT2D eigenvalue weighted by atomic mass is 16.3. The summed E-state index contributed by atoms with van der Waals surface area (Å²) in [6.45, 7) is 1.47. The van der Waals surface area contributed by atoms with Crippen molar-refractivity contribution in [3.8, 4) is 5.75 Å². The van der Waals surface area contributed by atoms with E-state index in [4.69, 9.17) is 0 Å². The zero-order chi connectivity index (χ0) is 16.6. The molecular weight excluding hydrogens is 300 g/mol. The maximum atomic E-state index is 12.1. The molecule has 2 amide bonds. The molecule has 4 nitrogen and oxygen atoms in total. The van der Waals surface area contributed by atoms with E-state index < -0.39 is 0 Å². The fourth-order valence-corrected chi connectivity index (χ4v) is 5.82. The third-order valence-corrected chi connectivity index (χ3v) is 6.42. The largest absolute Gasteiger partial charge is 0.508 e. The van der Waals surface area contributed by atoms with Gasteiger partial charge in [0, 0.05) is 13.1 Å². The molecule has 0 heterocycles. The summed E-state index contributed by atoms with van der Waals surface area (Å²) in [5.74, 6) is 3.06. The molecule has 4 aliphatic carbocycles. The van der Waals surface area contributed by atoms with Gasteiger partial charge in [0.2, 0.25) is 0 Å². The van der Waals surface area contributed by atoms with E-state index >= 15 is 0 Å². The van der Waals surface area contributed by atoms with Crippen LogP contribution in [0.15, 0.2) is 24.3 Å². The second kappa shape index (κ2) is 6.30. The first kappa shape index (κ1) is 15.8. The van der Waals surface area contributed by atoms with Crippen molar-refractivity contribution in [1.82, 2.24) is 10.6 Å². The van der Waals surface area contributed by atoms with Crippen molar-refractivity contribution in [2.75, 3.05) is 13.1 Å². The van der Waals surface area contributed by atoms with Gasteiger partial charge in [0.25, 0.3) is 0 Å². The van der Waals surface area contributed by atoms with Gasteiger partial charge in [-0.1, -0.05) is 12.1 Å². The minimum Gasteiger partial charge on any atom is -0.508 e. The predicted octanol–water partition coefficient (Wildman–Crippen LogP) is 3.45. The van der Waals surface area contributed by atoms with E-state index in [1.807, 2.05) is 12.1 Å². The van der Waals surface area contributed by atoms with Gasteiger partial charge in [0.05, 0.1) is 0 Å². The topological polar surface area (TPSA) is 61.4 Å². The second-order valence-corrected chi connectivity index (χ2v) is 8.44. The highest BCUT2D eigenvalue weighted by Gasteiger charge is 2.50. The summed E-state index contributed by atoms with van der Waals surface area (Å²) < 4.78 is 0. The number of amides is 2. The van der Waals surface area contributed by atoms with Crippen LogP contribution in [0.5, 0.6) is 5.75 Å². The van der Waals surface area contributed by atoms with Crippen LogP contribution in [0.2, 0.25) is 0 Å². The van der Waals surface area contributed by atoms with E-state index in [2.05, 4.69) is 10.6 Å². The van der Waals surface area contributed by atoms with Gasteiger partial charge in [0.1, 0.15) is 5.75 Å². The Morgan fingerprint density at radius 1 is 1.00 bits per heavy atom. The van der Waals surface area contributed by atoms with Crippen molar-refractivity contribution < 1.29 is 9.90 Å². The zero-order valence-corrected chi connectivity index (χ0v) is 14.3. The van der Waals surface area contributed by atoms with Gasteiger partial charge in [-0.15, -0.1) is 0 Å². The Morgan fingerprint density at radius 3 is 2.17 bits per heavy atom. The molecule has 130 valence electrons. The lowest BCUT2D eigenvalue weighted by Crippen LogP contribution is -2.52. The number of phenolic OH excluding ortho intramolecular Hbond substituents is 1.